The van der Waals surface area contributed by atoms with Crippen molar-refractivity contribution < 1.29 is 4.79 Å². The number of nitrogens with one attached hydrogen (secondary N) is 1. The number of aryl methyl sites for hydroxylation is 4. The van der Waals surface area contributed by atoms with Crippen LogP contribution in [0.25, 0.3) is 11.3 Å². The number of rotatable bonds is 5. The lowest BCUT2D eigenvalue weighted by atomic mass is 9.61. The van der Waals surface area contributed by atoms with Crippen LogP contribution in [0.3, 0.4) is 0 Å². The molecule has 3 aliphatic rings. The molecule has 7 heteroatoms. The molecule has 39 heavy (non-hydrogen) atoms. The van der Waals surface area contributed by atoms with Gasteiger partial charge in [-0.25, -0.2) is 0 Å². The maximum atomic E-state index is 14.0. The topological polar surface area (TPSA) is 86.8 Å². The number of para-hydroxylation sites is 1. The van der Waals surface area contributed by atoms with E-state index in [1.165, 1.54) is 36.0 Å². The van der Waals surface area contributed by atoms with Crippen molar-refractivity contribution in [2.75, 3.05) is 11.9 Å². The molecule has 7 nitrogen and oxygen atoms in total. The van der Waals surface area contributed by atoms with Crippen LogP contribution in [0.2, 0.25) is 0 Å². The first-order valence-corrected chi connectivity index (χ1v) is 14.4. The van der Waals surface area contributed by atoms with E-state index in [1.54, 1.807) is 0 Å². The molecular weight excluding hydrogens is 484 g/mol. The van der Waals surface area contributed by atoms with E-state index in [-0.39, 0.29) is 11.9 Å². The van der Waals surface area contributed by atoms with Crippen LogP contribution in [-0.2, 0) is 16.8 Å². The van der Waals surface area contributed by atoms with Crippen LogP contribution >= 0.6 is 0 Å². The first-order chi connectivity index (χ1) is 18.8. The first-order valence-electron chi connectivity index (χ1n) is 14.4. The Balaban J connectivity index is 1.35. The number of hydrogen-bond acceptors (Lipinski definition) is 5. The quantitative estimate of drug-likeness (QED) is 0.431. The summed E-state index contributed by atoms with van der Waals surface area (Å²) in [4.78, 5) is 16.0. The number of nitrogens with zero attached hydrogens (tertiary/aromatic N) is 5. The Kier molecular flexibility index (Phi) is 6.45. The lowest BCUT2D eigenvalue weighted by molar-refractivity contribution is -0.125. The van der Waals surface area contributed by atoms with Gasteiger partial charge in [-0.2, -0.15) is 5.26 Å². The Morgan fingerprint density at radius 3 is 2.74 bits per heavy atom. The van der Waals surface area contributed by atoms with E-state index in [1.807, 2.05) is 34.0 Å². The van der Waals surface area contributed by atoms with Crippen molar-refractivity contribution >= 4 is 11.6 Å². The number of fused-ring (bicyclic) bond motifs is 2. The fourth-order valence-corrected chi connectivity index (χ4v) is 7.73. The molecule has 1 N–H and O–H groups in total. The normalized spacial score (nSPS) is 28.0. The van der Waals surface area contributed by atoms with Gasteiger partial charge in [0.1, 0.15) is 5.69 Å². The number of piperidine rings is 1. The second-order valence-corrected chi connectivity index (χ2v) is 12.2. The van der Waals surface area contributed by atoms with Crippen LogP contribution in [-0.4, -0.2) is 38.4 Å². The lowest BCUT2D eigenvalue weighted by Crippen LogP contribution is -2.59. The minimum absolute atomic E-state index is 0.00112. The predicted molar refractivity (Wildman–Crippen MR) is 152 cm³/mol. The number of benzene rings is 2. The van der Waals surface area contributed by atoms with Gasteiger partial charge in [-0.3, -0.25) is 9.48 Å². The number of hydrogen-bond donors (Lipinski definition) is 1. The zero-order chi connectivity index (χ0) is 27.3. The fraction of sp³-hybridized carbons (Fsp3) is 0.500. The van der Waals surface area contributed by atoms with Crippen molar-refractivity contribution in [3.63, 3.8) is 0 Å². The summed E-state index contributed by atoms with van der Waals surface area (Å²) >= 11 is 0. The highest BCUT2D eigenvalue weighted by Gasteiger charge is 2.57. The van der Waals surface area contributed by atoms with Crippen molar-refractivity contribution in [2.45, 2.75) is 77.8 Å². The summed E-state index contributed by atoms with van der Waals surface area (Å²) in [5, 5.41) is 22.5. The Hall–Kier alpha value is -3.66. The van der Waals surface area contributed by atoms with E-state index in [4.69, 9.17) is 0 Å². The number of aromatic nitrogens is 3. The molecule has 6 rings (SSSR count). The molecule has 1 aromatic heterocycles. The van der Waals surface area contributed by atoms with E-state index >= 15 is 0 Å². The van der Waals surface area contributed by atoms with E-state index in [2.05, 4.69) is 67.7 Å². The number of amides is 1. The fourth-order valence-electron chi connectivity index (χ4n) is 7.73. The number of anilines is 1. The molecule has 1 amide bonds. The minimum atomic E-state index is -0.822. The molecule has 3 aromatic rings. The SMILES string of the molecule is Cc1cc(C)c(-c2cn(CC[C@]3([C@@H]4C[C@H]5[C@@H](CCC[C@@H]5C)CN4C#N)C(=O)Nc4ccccc43)nn2)cc1C. The summed E-state index contributed by atoms with van der Waals surface area (Å²) in [6, 6.07) is 12.2. The van der Waals surface area contributed by atoms with Crippen LogP contribution in [0.5, 0.6) is 0 Å². The minimum Gasteiger partial charge on any atom is -0.325 e. The summed E-state index contributed by atoms with van der Waals surface area (Å²) in [5.41, 5.74) is 6.65. The highest BCUT2D eigenvalue weighted by atomic mass is 16.2. The van der Waals surface area contributed by atoms with Gasteiger partial charge in [-0.05, 0) is 92.2 Å². The van der Waals surface area contributed by atoms with E-state index in [9.17, 15) is 10.1 Å². The molecule has 202 valence electrons. The smallest absolute Gasteiger partial charge is 0.237 e. The standard InChI is InChI=1S/C32H38N6O/c1-20-8-7-9-24-17-37(19-33)30(16-25(20)24)32(27-10-5-6-11-28(27)34-31(32)39)12-13-38-18-29(35-36-38)26-15-22(3)21(2)14-23(26)4/h5-6,10-11,14-15,18,20,24-25,30H,7-9,12-13,16-17H2,1-4H3,(H,34,39)/t20-,24-,25+,30-,32-/m0/s1. The number of likely N-dealkylation sites (tertiary alicyclic amines) is 1. The number of carbonyl (C=O) groups excluding carboxylic acids is 1. The van der Waals surface area contributed by atoms with Gasteiger partial charge in [0.05, 0.1) is 17.7 Å². The van der Waals surface area contributed by atoms with Gasteiger partial charge in [0, 0.05) is 24.3 Å². The van der Waals surface area contributed by atoms with Crippen molar-refractivity contribution in [3.8, 4) is 17.5 Å². The van der Waals surface area contributed by atoms with Gasteiger partial charge >= 0.3 is 0 Å². The number of carbonyl (C=O) groups is 1. The molecule has 1 aliphatic carbocycles. The number of nitriles is 1. The molecule has 2 aromatic carbocycles. The molecule has 1 saturated carbocycles. The van der Waals surface area contributed by atoms with Crippen LogP contribution < -0.4 is 5.32 Å². The van der Waals surface area contributed by atoms with Crippen molar-refractivity contribution in [1.82, 2.24) is 19.9 Å². The maximum absolute atomic E-state index is 14.0. The third kappa shape index (κ3) is 4.21. The van der Waals surface area contributed by atoms with Gasteiger partial charge in [0.25, 0.3) is 0 Å². The van der Waals surface area contributed by atoms with Crippen LogP contribution in [0.15, 0.2) is 42.6 Å². The second kappa shape index (κ2) is 9.82. The van der Waals surface area contributed by atoms with Gasteiger partial charge in [0.2, 0.25) is 5.91 Å². The lowest BCUT2D eigenvalue weighted by Gasteiger charge is -2.51. The van der Waals surface area contributed by atoms with E-state index in [0.717, 1.165) is 35.5 Å². The van der Waals surface area contributed by atoms with Crippen molar-refractivity contribution in [1.29, 1.82) is 5.26 Å². The summed E-state index contributed by atoms with van der Waals surface area (Å²) < 4.78 is 1.87. The molecule has 0 radical (unpaired) electrons. The van der Waals surface area contributed by atoms with E-state index < -0.39 is 5.41 Å². The maximum Gasteiger partial charge on any atom is 0.237 e. The Morgan fingerprint density at radius 1 is 1.13 bits per heavy atom. The molecule has 5 atom stereocenters. The molecule has 1 saturated heterocycles. The van der Waals surface area contributed by atoms with Gasteiger partial charge in [-0.15, -0.1) is 5.10 Å². The molecule has 2 aliphatic heterocycles. The molecule has 0 unspecified atom stereocenters. The molecule has 2 fully saturated rings. The molecule has 0 bridgehead atoms. The molecule has 3 heterocycles. The average molecular weight is 523 g/mol. The van der Waals surface area contributed by atoms with Crippen molar-refractivity contribution in [2.24, 2.45) is 17.8 Å². The van der Waals surface area contributed by atoms with Crippen LogP contribution in [0.1, 0.15) is 61.3 Å². The summed E-state index contributed by atoms with van der Waals surface area (Å²) in [7, 11) is 0. The summed E-state index contributed by atoms with van der Waals surface area (Å²) in [5.74, 6) is 1.68. The van der Waals surface area contributed by atoms with Crippen LogP contribution in [0.4, 0.5) is 5.69 Å². The zero-order valence-corrected chi connectivity index (χ0v) is 23.4. The van der Waals surface area contributed by atoms with Gasteiger partial charge in [0.15, 0.2) is 6.19 Å². The molecular formula is C32H38N6O. The average Bonchev–Trinajstić information content (AvgIpc) is 3.51. The summed E-state index contributed by atoms with van der Waals surface area (Å²) in [6.07, 6.45) is 9.57. The summed E-state index contributed by atoms with van der Waals surface area (Å²) in [6.45, 7) is 9.99. The molecule has 0 spiro atoms. The second-order valence-electron chi connectivity index (χ2n) is 12.2. The van der Waals surface area contributed by atoms with Gasteiger partial charge < -0.3 is 10.2 Å². The Bertz CT molecular complexity index is 1450. The van der Waals surface area contributed by atoms with Gasteiger partial charge in [-0.1, -0.05) is 49.2 Å². The Morgan fingerprint density at radius 2 is 1.92 bits per heavy atom. The highest BCUT2D eigenvalue weighted by molar-refractivity contribution is 6.07. The first kappa shape index (κ1) is 25.6. The monoisotopic (exact) mass is 522 g/mol. The Labute approximate surface area is 231 Å². The highest BCUT2D eigenvalue weighted by Crippen LogP contribution is 2.51. The van der Waals surface area contributed by atoms with E-state index in [0.29, 0.717) is 30.7 Å². The van der Waals surface area contributed by atoms with Crippen LogP contribution in [0, 0.1) is 50.0 Å². The zero-order valence-electron chi connectivity index (χ0n) is 23.4. The van der Waals surface area contributed by atoms with Crippen molar-refractivity contribution in [3.05, 3.63) is 64.8 Å². The largest absolute Gasteiger partial charge is 0.325 e. The third-order valence-electron chi connectivity index (χ3n) is 10.0. The third-order valence-corrected chi connectivity index (χ3v) is 10.0. The predicted octanol–water partition coefficient (Wildman–Crippen LogP) is 5.76.